The predicted octanol–water partition coefficient (Wildman–Crippen LogP) is 2.70. The van der Waals surface area contributed by atoms with Crippen molar-refractivity contribution in [2.75, 3.05) is 0 Å². The van der Waals surface area contributed by atoms with Crippen molar-refractivity contribution in [2.24, 2.45) is 11.7 Å². The molecule has 0 bridgehead atoms. The third-order valence-electron chi connectivity index (χ3n) is 2.99. The van der Waals surface area contributed by atoms with Gasteiger partial charge >= 0.3 is 0 Å². The summed E-state index contributed by atoms with van der Waals surface area (Å²) in [5, 5.41) is 0. The molecule has 1 atom stereocenters. The van der Waals surface area contributed by atoms with Gasteiger partial charge < -0.3 is 5.73 Å². The zero-order valence-corrected chi connectivity index (χ0v) is 8.47. The minimum atomic E-state index is 0.244. The molecular weight excluding hydrogens is 158 g/mol. The monoisotopic (exact) mass is 179 g/mol. The Balaban J connectivity index is 2.22. The highest BCUT2D eigenvalue weighted by molar-refractivity contribution is 4.89. The van der Waals surface area contributed by atoms with Crippen LogP contribution in [0.2, 0.25) is 0 Å². The Morgan fingerprint density at radius 1 is 1.23 bits per heavy atom. The first kappa shape index (κ1) is 10.6. The Hall–Kier alpha value is -0.480. The third kappa shape index (κ3) is 4.33. The lowest BCUT2D eigenvalue weighted by molar-refractivity contribution is 0.391. The number of terminal acetylenes is 1. The van der Waals surface area contributed by atoms with Gasteiger partial charge in [-0.15, -0.1) is 12.3 Å². The zero-order valence-electron chi connectivity index (χ0n) is 8.47. The average Bonchev–Trinajstić information content (AvgIpc) is 2.33. The second-order valence-electron chi connectivity index (χ2n) is 4.26. The molecule has 0 heterocycles. The van der Waals surface area contributed by atoms with Crippen LogP contribution in [0.5, 0.6) is 0 Å². The molecule has 0 saturated heterocycles. The first-order valence-corrected chi connectivity index (χ1v) is 5.52. The fraction of sp³-hybridized carbons (Fsp3) is 0.833. The summed E-state index contributed by atoms with van der Waals surface area (Å²) in [4.78, 5) is 0. The van der Waals surface area contributed by atoms with Crippen LogP contribution in [0.4, 0.5) is 0 Å². The summed E-state index contributed by atoms with van der Waals surface area (Å²) in [6.07, 6.45) is 15.5. The lowest BCUT2D eigenvalue weighted by atomic mass is 9.92. The van der Waals surface area contributed by atoms with Gasteiger partial charge in [0.2, 0.25) is 0 Å². The SMILES string of the molecule is C#CCC(N)CC1CCCCCC1. The van der Waals surface area contributed by atoms with Crippen LogP contribution < -0.4 is 5.73 Å². The minimum absolute atomic E-state index is 0.244. The molecule has 0 spiro atoms. The van der Waals surface area contributed by atoms with Gasteiger partial charge in [0.05, 0.1) is 0 Å². The van der Waals surface area contributed by atoms with Crippen molar-refractivity contribution in [1.29, 1.82) is 0 Å². The number of hydrogen-bond acceptors (Lipinski definition) is 1. The van der Waals surface area contributed by atoms with Crippen LogP contribution in [-0.4, -0.2) is 6.04 Å². The normalized spacial score (nSPS) is 21.8. The Morgan fingerprint density at radius 3 is 2.38 bits per heavy atom. The smallest absolute Gasteiger partial charge is 0.0238 e. The fourth-order valence-electron chi connectivity index (χ4n) is 2.26. The Morgan fingerprint density at radius 2 is 1.85 bits per heavy atom. The Bertz CT molecular complexity index is 160. The first-order chi connectivity index (χ1) is 6.33. The maximum absolute atomic E-state index is 5.92. The van der Waals surface area contributed by atoms with Gasteiger partial charge in [-0.3, -0.25) is 0 Å². The minimum Gasteiger partial charge on any atom is -0.327 e. The molecule has 0 aromatic rings. The van der Waals surface area contributed by atoms with Crippen LogP contribution in [0, 0.1) is 18.3 Å². The van der Waals surface area contributed by atoms with E-state index in [9.17, 15) is 0 Å². The lowest BCUT2D eigenvalue weighted by Gasteiger charge is -2.17. The molecule has 74 valence electrons. The quantitative estimate of drug-likeness (QED) is 0.523. The third-order valence-corrected chi connectivity index (χ3v) is 2.99. The molecule has 1 aliphatic carbocycles. The lowest BCUT2D eigenvalue weighted by Crippen LogP contribution is -2.22. The molecule has 1 nitrogen and oxygen atoms in total. The van der Waals surface area contributed by atoms with E-state index in [0.29, 0.717) is 0 Å². The van der Waals surface area contributed by atoms with Crippen LogP contribution in [0.15, 0.2) is 0 Å². The van der Waals surface area contributed by atoms with Gasteiger partial charge in [0, 0.05) is 12.5 Å². The summed E-state index contributed by atoms with van der Waals surface area (Å²) < 4.78 is 0. The Kier molecular flexibility index (Phi) is 4.93. The predicted molar refractivity (Wildman–Crippen MR) is 57.2 cm³/mol. The van der Waals surface area contributed by atoms with E-state index in [0.717, 1.165) is 18.8 Å². The van der Waals surface area contributed by atoms with Gasteiger partial charge in [0.25, 0.3) is 0 Å². The van der Waals surface area contributed by atoms with Crippen LogP contribution in [0.1, 0.15) is 51.4 Å². The second kappa shape index (κ2) is 6.05. The number of hydrogen-bond donors (Lipinski definition) is 1. The van der Waals surface area contributed by atoms with E-state index in [1.807, 2.05) is 0 Å². The molecule has 0 aromatic heterocycles. The van der Waals surface area contributed by atoms with Gasteiger partial charge in [-0.2, -0.15) is 0 Å². The highest BCUT2D eigenvalue weighted by atomic mass is 14.6. The molecule has 1 heteroatoms. The van der Waals surface area contributed by atoms with Crippen LogP contribution in [0.3, 0.4) is 0 Å². The zero-order chi connectivity index (χ0) is 9.52. The topological polar surface area (TPSA) is 26.0 Å². The van der Waals surface area contributed by atoms with Crippen molar-refractivity contribution in [1.82, 2.24) is 0 Å². The van der Waals surface area contributed by atoms with E-state index in [-0.39, 0.29) is 6.04 Å². The maximum atomic E-state index is 5.92. The molecule has 0 amide bonds. The van der Waals surface area contributed by atoms with Crippen LogP contribution >= 0.6 is 0 Å². The standard InChI is InChI=1S/C12H21N/c1-2-7-12(13)10-11-8-5-3-4-6-9-11/h1,11-12H,3-10,13H2. The van der Waals surface area contributed by atoms with E-state index in [1.54, 1.807) is 0 Å². The van der Waals surface area contributed by atoms with E-state index in [2.05, 4.69) is 5.92 Å². The maximum Gasteiger partial charge on any atom is 0.0238 e. The van der Waals surface area contributed by atoms with Gasteiger partial charge in [0.15, 0.2) is 0 Å². The number of nitrogens with two attached hydrogens (primary N) is 1. The van der Waals surface area contributed by atoms with E-state index < -0.39 is 0 Å². The van der Waals surface area contributed by atoms with Crippen LogP contribution in [0.25, 0.3) is 0 Å². The summed E-state index contributed by atoms with van der Waals surface area (Å²) in [5.41, 5.74) is 5.92. The van der Waals surface area contributed by atoms with Crippen molar-refractivity contribution >= 4 is 0 Å². The summed E-state index contributed by atoms with van der Waals surface area (Å²) in [6.45, 7) is 0. The molecule has 1 fully saturated rings. The van der Waals surface area contributed by atoms with Gasteiger partial charge in [-0.25, -0.2) is 0 Å². The van der Waals surface area contributed by atoms with Crippen molar-refractivity contribution in [3.63, 3.8) is 0 Å². The van der Waals surface area contributed by atoms with Gasteiger partial charge in [0.1, 0.15) is 0 Å². The van der Waals surface area contributed by atoms with Gasteiger partial charge in [-0.1, -0.05) is 38.5 Å². The molecule has 0 aliphatic heterocycles. The highest BCUT2D eigenvalue weighted by Gasteiger charge is 2.14. The van der Waals surface area contributed by atoms with Crippen LogP contribution in [-0.2, 0) is 0 Å². The molecule has 1 aliphatic rings. The average molecular weight is 179 g/mol. The first-order valence-electron chi connectivity index (χ1n) is 5.52. The molecule has 1 unspecified atom stereocenters. The van der Waals surface area contributed by atoms with E-state index >= 15 is 0 Å². The van der Waals surface area contributed by atoms with Crippen molar-refractivity contribution in [3.8, 4) is 12.3 Å². The van der Waals surface area contributed by atoms with Gasteiger partial charge in [-0.05, 0) is 12.3 Å². The van der Waals surface area contributed by atoms with Crippen molar-refractivity contribution in [3.05, 3.63) is 0 Å². The molecule has 1 saturated carbocycles. The summed E-state index contributed by atoms with van der Waals surface area (Å²) in [5.74, 6) is 3.50. The highest BCUT2D eigenvalue weighted by Crippen LogP contribution is 2.26. The second-order valence-corrected chi connectivity index (χ2v) is 4.26. The van der Waals surface area contributed by atoms with Crippen molar-refractivity contribution < 1.29 is 0 Å². The molecule has 0 aromatic carbocycles. The molecule has 1 rings (SSSR count). The molecule has 13 heavy (non-hydrogen) atoms. The number of rotatable bonds is 3. The summed E-state index contributed by atoms with van der Waals surface area (Å²) in [7, 11) is 0. The molecule has 0 radical (unpaired) electrons. The van der Waals surface area contributed by atoms with E-state index in [4.69, 9.17) is 12.2 Å². The molecular formula is C12H21N. The Labute approximate surface area is 82.1 Å². The fourth-order valence-corrected chi connectivity index (χ4v) is 2.26. The molecule has 2 N–H and O–H groups in total. The summed E-state index contributed by atoms with van der Waals surface area (Å²) in [6, 6.07) is 0.244. The van der Waals surface area contributed by atoms with Crippen molar-refractivity contribution in [2.45, 2.75) is 57.4 Å². The van der Waals surface area contributed by atoms with E-state index in [1.165, 1.54) is 38.5 Å². The largest absolute Gasteiger partial charge is 0.327 e. The summed E-state index contributed by atoms with van der Waals surface area (Å²) >= 11 is 0.